The predicted octanol–water partition coefficient (Wildman–Crippen LogP) is 3.09. The second-order valence-electron chi connectivity index (χ2n) is 19.5. The van der Waals surface area contributed by atoms with Gasteiger partial charge in [-0.25, -0.2) is 4.79 Å². The molecular formula is C40H64N6O7. The fourth-order valence-corrected chi connectivity index (χ4v) is 7.96. The van der Waals surface area contributed by atoms with Gasteiger partial charge in [-0.15, -0.1) is 12.3 Å². The van der Waals surface area contributed by atoms with Gasteiger partial charge in [-0.1, -0.05) is 68.7 Å². The van der Waals surface area contributed by atoms with Crippen LogP contribution in [0, 0.1) is 45.8 Å². The number of aliphatic hydroxyl groups is 1. The van der Waals surface area contributed by atoms with E-state index in [0.29, 0.717) is 19.3 Å². The Morgan fingerprint density at radius 1 is 0.943 bits per heavy atom. The van der Waals surface area contributed by atoms with Crippen LogP contribution in [0.5, 0.6) is 0 Å². The molecule has 0 spiro atoms. The third-order valence-corrected chi connectivity index (χ3v) is 11.9. The number of aliphatic hydroxyl groups excluding tert-OH is 1. The molecule has 4 aliphatic rings. The number of carbonyl (C=O) groups excluding carboxylic acids is 6. The van der Waals surface area contributed by atoms with Crippen molar-refractivity contribution >= 4 is 35.6 Å². The molecule has 3 unspecified atom stereocenters. The van der Waals surface area contributed by atoms with E-state index in [0.717, 1.165) is 12.8 Å². The van der Waals surface area contributed by atoms with Crippen LogP contribution in [-0.2, 0) is 24.0 Å². The Labute approximate surface area is 315 Å². The summed E-state index contributed by atoms with van der Waals surface area (Å²) in [6.07, 6.45) is 8.16. The van der Waals surface area contributed by atoms with Crippen LogP contribution >= 0.6 is 0 Å². The lowest BCUT2D eigenvalue weighted by Crippen LogP contribution is -2.64. The van der Waals surface area contributed by atoms with Crippen molar-refractivity contribution in [2.75, 3.05) is 13.1 Å². The number of amides is 7. The number of urea groups is 1. The summed E-state index contributed by atoms with van der Waals surface area (Å²) in [5.74, 6) is 0.169. The maximum Gasteiger partial charge on any atom is 0.315 e. The molecule has 0 aromatic rings. The van der Waals surface area contributed by atoms with Gasteiger partial charge in [0.15, 0.2) is 6.10 Å². The van der Waals surface area contributed by atoms with Crippen LogP contribution in [0.1, 0.15) is 121 Å². The monoisotopic (exact) mass is 740 g/mol. The van der Waals surface area contributed by atoms with Crippen LogP contribution in [0.15, 0.2) is 0 Å². The van der Waals surface area contributed by atoms with E-state index in [-0.39, 0.29) is 49.7 Å². The van der Waals surface area contributed by atoms with E-state index in [2.05, 4.69) is 27.2 Å². The number of carbonyl (C=O) groups is 6. The van der Waals surface area contributed by atoms with Crippen molar-refractivity contribution in [3.8, 4) is 12.3 Å². The highest BCUT2D eigenvalue weighted by Gasteiger charge is 2.63. The van der Waals surface area contributed by atoms with E-state index < -0.39 is 81.1 Å². The number of imide groups is 1. The largest absolute Gasteiger partial charge is 0.381 e. The van der Waals surface area contributed by atoms with Gasteiger partial charge in [0.2, 0.25) is 23.6 Å². The molecule has 13 heteroatoms. The summed E-state index contributed by atoms with van der Waals surface area (Å²) in [6, 6.07) is -3.36. The lowest BCUT2D eigenvalue weighted by atomic mass is 9.74. The van der Waals surface area contributed by atoms with Crippen molar-refractivity contribution in [3.05, 3.63) is 0 Å². The molecule has 2 aliphatic heterocycles. The summed E-state index contributed by atoms with van der Waals surface area (Å²) >= 11 is 0. The Kier molecular flexibility index (Phi) is 11.8. The standard InChI is InChI=1S/C40H64N6O7/c1-13-23-19-40(23,31(49)33(51)41-24-15-16-24)44-32(50)29-25(39(11,12)14-2)17-18-45(29)34(52)30(37(6,7)8)43-35(53)42-26(36(3,4)5)22-46-27(47)20-38(9,10)21-28(46)48/h2,23-26,29-31,49H,13,15-22H2,1,3-12H3,(H,41,51)(H,44,50)(H2,42,43,53)/t23-,25+,26-,29?,30-,31?,40?/m1/s1. The highest BCUT2D eigenvalue weighted by atomic mass is 16.3. The average molecular weight is 741 g/mol. The molecule has 7 atom stereocenters. The predicted molar refractivity (Wildman–Crippen MR) is 201 cm³/mol. The molecule has 5 N–H and O–H groups in total. The van der Waals surface area contributed by atoms with E-state index >= 15 is 0 Å². The number of terminal acetylenes is 1. The van der Waals surface area contributed by atoms with Gasteiger partial charge in [0.1, 0.15) is 12.1 Å². The van der Waals surface area contributed by atoms with Gasteiger partial charge < -0.3 is 31.3 Å². The first-order valence-electron chi connectivity index (χ1n) is 19.3. The Morgan fingerprint density at radius 2 is 1.53 bits per heavy atom. The topological polar surface area (TPSA) is 177 Å². The summed E-state index contributed by atoms with van der Waals surface area (Å²) in [6.45, 7) is 20.7. The van der Waals surface area contributed by atoms with Crippen LogP contribution in [-0.4, -0.2) is 99.4 Å². The zero-order chi connectivity index (χ0) is 40.1. The Bertz CT molecular complexity index is 1500. The first kappa shape index (κ1) is 42.1. The molecule has 0 radical (unpaired) electrons. The lowest BCUT2D eigenvalue weighted by Gasteiger charge is -2.41. The molecule has 53 heavy (non-hydrogen) atoms. The van der Waals surface area contributed by atoms with Crippen molar-refractivity contribution in [2.24, 2.45) is 33.5 Å². The summed E-state index contributed by atoms with van der Waals surface area (Å²) < 4.78 is 0. The second kappa shape index (κ2) is 14.9. The fraction of sp³-hybridized carbons (Fsp3) is 0.800. The summed E-state index contributed by atoms with van der Waals surface area (Å²) in [5.41, 5.74) is -3.76. The molecule has 0 bridgehead atoms. The Balaban J connectivity index is 1.57. The van der Waals surface area contributed by atoms with Crippen LogP contribution < -0.4 is 21.3 Å². The van der Waals surface area contributed by atoms with Crippen LogP contribution in [0.25, 0.3) is 0 Å². The second-order valence-corrected chi connectivity index (χ2v) is 19.5. The van der Waals surface area contributed by atoms with E-state index in [9.17, 15) is 33.9 Å². The number of rotatable bonds is 12. The Morgan fingerprint density at radius 3 is 2.00 bits per heavy atom. The summed E-state index contributed by atoms with van der Waals surface area (Å²) in [4.78, 5) is 84.7. The molecule has 7 amide bonds. The van der Waals surface area contributed by atoms with E-state index in [1.807, 2.05) is 76.2 Å². The lowest BCUT2D eigenvalue weighted by molar-refractivity contribution is -0.153. The molecule has 4 fully saturated rings. The van der Waals surface area contributed by atoms with Gasteiger partial charge in [0.05, 0.1) is 11.6 Å². The summed E-state index contributed by atoms with van der Waals surface area (Å²) in [7, 11) is 0. The number of piperidine rings is 1. The smallest absolute Gasteiger partial charge is 0.315 e. The maximum atomic E-state index is 14.7. The van der Waals surface area contributed by atoms with Crippen molar-refractivity contribution in [1.82, 2.24) is 31.1 Å². The molecule has 4 rings (SSSR count). The summed E-state index contributed by atoms with van der Waals surface area (Å²) in [5, 5.41) is 23.0. The minimum Gasteiger partial charge on any atom is -0.381 e. The van der Waals surface area contributed by atoms with E-state index in [1.165, 1.54) is 9.80 Å². The van der Waals surface area contributed by atoms with Crippen LogP contribution in [0.2, 0.25) is 0 Å². The third-order valence-electron chi connectivity index (χ3n) is 11.9. The van der Waals surface area contributed by atoms with Crippen LogP contribution in [0.3, 0.4) is 0 Å². The average Bonchev–Trinajstić information content (AvgIpc) is 3.93. The zero-order valence-electron chi connectivity index (χ0n) is 33.8. The molecule has 2 saturated carbocycles. The molecule has 2 aliphatic carbocycles. The molecule has 13 nitrogen and oxygen atoms in total. The normalized spacial score (nSPS) is 27.6. The van der Waals surface area contributed by atoms with Gasteiger partial charge in [-0.05, 0) is 61.7 Å². The highest BCUT2D eigenvalue weighted by molar-refractivity contribution is 5.98. The quantitative estimate of drug-likeness (QED) is 0.151. The molecule has 296 valence electrons. The minimum atomic E-state index is -1.45. The van der Waals surface area contributed by atoms with Gasteiger partial charge in [-0.2, -0.15) is 0 Å². The van der Waals surface area contributed by atoms with E-state index in [1.54, 1.807) is 0 Å². The van der Waals surface area contributed by atoms with Gasteiger partial charge in [0.25, 0.3) is 5.91 Å². The maximum absolute atomic E-state index is 14.7. The molecule has 0 aromatic carbocycles. The zero-order valence-corrected chi connectivity index (χ0v) is 33.8. The van der Waals surface area contributed by atoms with Crippen LogP contribution in [0.4, 0.5) is 4.79 Å². The minimum absolute atomic E-state index is 0.0128. The number of nitrogens with one attached hydrogen (secondary N) is 4. The third kappa shape index (κ3) is 9.35. The van der Waals surface area contributed by atoms with Crippen molar-refractivity contribution in [1.29, 1.82) is 0 Å². The number of hydrogen-bond donors (Lipinski definition) is 5. The van der Waals surface area contributed by atoms with E-state index in [4.69, 9.17) is 6.42 Å². The van der Waals surface area contributed by atoms with Crippen molar-refractivity contribution in [2.45, 2.75) is 157 Å². The molecule has 2 saturated heterocycles. The van der Waals surface area contributed by atoms with Gasteiger partial charge in [-0.3, -0.25) is 28.9 Å². The highest BCUT2D eigenvalue weighted by Crippen LogP contribution is 2.49. The van der Waals surface area contributed by atoms with Crippen molar-refractivity contribution in [3.63, 3.8) is 0 Å². The molecule has 2 heterocycles. The van der Waals surface area contributed by atoms with Gasteiger partial charge >= 0.3 is 6.03 Å². The number of nitrogens with zero attached hydrogens (tertiary/aromatic N) is 2. The Hall–Kier alpha value is -3.66. The number of hydrogen-bond acceptors (Lipinski definition) is 7. The first-order chi connectivity index (χ1) is 24.3. The fourth-order valence-electron chi connectivity index (χ4n) is 7.96. The van der Waals surface area contributed by atoms with Gasteiger partial charge in [0, 0.05) is 43.3 Å². The SMILES string of the molecule is C#CC(C)(C)[C@H]1CCN(C(=O)[C@@H](NC(=O)N[C@H](CN2C(=O)CC(C)(C)CC2=O)C(C)(C)C)C(C)(C)C)C1C(=O)NC1(C(O)C(=O)NC2CC2)C[C@H]1CC. The first-order valence-corrected chi connectivity index (χ1v) is 19.3. The van der Waals surface area contributed by atoms with Crippen molar-refractivity contribution < 1.29 is 33.9 Å². The molecule has 0 aromatic heterocycles. The molecular weight excluding hydrogens is 676 g/mol. The number of likely N-dealkylation sites (tertiary alicyclic amines) is 2.